The van der Waals surface area contributed by atoms with E-state index in [1.54, 1.807) is 0 Å². The normalized spacial score (nSPS) is 14.8. The zero-order valence-electron chi connectivity index (χ0n) is 17.2. The molecule has 0 unspecified atom stereocenters. The predicted molar refractivity (Wildman–Crippen MR) is 132 cm³/mol. The Balaban J connectivity index is 0.00000300. The van der Waals surface area contributed by atoms with Gasteiger partial charge < -0.3 is 16.4 Å². The van der Waals surface area contributed by atoms with Gasteiger partial charge in [-0.05, 0) is 67.6 Å². The van der Waals surface area contributed by atoms with Crippen LogP contribution in [0, 0.1) is 19.8 Å². The van der Waals surface area contributed by atoms with Crippen LogP contribution in [0.15, 0.2) is 47.5 Å². The highest BCUT2D eigenvalue weighted by Crippen LogP contribution is 2.25. The summed E-state index contributed by atoms with van der Waals surface area (Å²) < 4.78 is 0. The lowest BCUT2D eigenvalue weighted by Crippen LogP contribution is -2.24. The van der Waals surface area contributed by atoms with Crippen LogP contribution in [0.3, 0.4) is 0 Å². The molecule has 1 saturated carbocycles. The van der Waals surface area contributed by atoms with Crippen LogP contribution in [-0.2, 0) is 11.3 Å². The molecule has 0 heterocycles. The van der Waals surface area contributed by atoms with Gasteiger partial charge in [-0.2, -0.15) is 0 Å². The van der Waals surface area contributed by atoms with Crippen LogP contribution < -0.4 is 16.4 Å². The summed E-state index contributed by atoms with van der Waals surface area (Å²) in [6, 6.07) is 13.9. The standard InChI is InChI=1S/C23H30N4O.HI/c1-16-11-12-21(13-17(16)2)27-23(24)25-15-18-7-6-10-20(14-18)26-22(28)19-8-4-3-5-9-19;/h6-7,10-14,19H,3-5,8-9,15H2,1-2H3,(H,26,28)(H3,24,25,27);1H. The number of hydrogen-bond donors (Lipinski definition) is 3. The van der Waals surface area contributed by atoms with Crippen LogP contribution in [0.2, 0.25) is 0 Å². The third-order valence-electron chi connectivity index (χ3n) is 5.38. The molecule has 1 aliphatic carbocycles. The number of carbonyl (C=O) groups is 1. The van der Waals surface area contributed by atoms with Gasteiger partial charge in [0.2, 0.25) is 5.91 Å². The highest BCUT2D eigenvalue weighted by molar-refractivity contribution is 14.0. The van der Waals surface area contributed by atoms with Gasteiger partial charge in [0.25, 0.3) is 0 Å². The molecule has 0 aliphatic heterocycles. The van der Waals surface area contributed by atoms with Crippen molar-refractivity contribution >= 4 is 47.2 Å². The number of nitrogens with one attached hydrogen (secondary N) is 2. The van der Waals surface area contributed by atoms with Gasteiger partial charge >= 0.3 is 0 Å². The van der Waals surface area contributed by atoms with Crippen LogP contribution in [-0.4, -0.2) is 11.9 Å². The average molecular weight is 506 g/mol. The predicted octanol–water partition coefficient (Wildman–Crippen LogP) is 5.37. The van der Waals surface area contributed by atoms with E-state index >= 15 is 0 Å². The van der Waals surface area contributed by atoms with Crippen LogP contribution in [0.1, 0.15) is 48.8 Å². The summed E-state index contributed by atoms with van der Waals surface area (Å²) in [5.41, 5.74) is 11.2. The van der Waals surface area contributed by atoms with E-state index < -0.39 is 0 Å². The molecule has 1 aliphatic rings. The zero-order chi connectivity index (χ0) is 19.9. The maximum atomic E-state index is 12.4. The first kappa shape index (κ1) is 23.2. The molecule has 0 saturated heterocycles. The minimum absolute atomic E-state index is 0. The van der Waals surface area contributed by atoms with Gasteiger partial charge in [-0.3, -0.25) is 4.79 Å². The second kappa shape index (κ2) is 11.2. The number of aliphatic imine (C=N–C) groups is 1. The first-order chi connectivity index (χ1) is 13.5. The summed E-state index contributed by atoms with van der Waals surface area (Å²) in [5.74, 6) is 0.657. The average Bonchev–Trinajstić information content (AvgIpc) is 2.70. The van der Waals surface area contributed by atoms with Crippen LogP contribution in [0.5, 0.6) is 0 Å². The van der Waals surface area contributed by atoms with E-state index in [1.165, 1.54) is 17.5 Å². The molecule has 0 bridgehead atoms. The summed E-state index contributed by atoms with van der Waals surface area (Å²) in [4.78, 5) is 16.9. The highest BCUT2D eigenvalue weighted by Gasteiger charge is 2.20. The number of halogens is 1. The van der Waals surface area contributed by atoms with Crippen LogP contribution in [0.25, 0.3) is 0 Å². The van der Waals surface area contributed by atoms with E-state index in [4.69, 9.17) is 5.73 Å². The number of benzene rings is 2. The molecule has 3 rings (SSSR count). The molecule has 1 fully saturated rings. The smallest absolute Gasteiger partial charge is 0.227 e. The van der Waals surface area contributed by atoms with Crippen molar-refractivity contribution in [3.63, 3.8) is 0 Å². The van der Waals surface area contributed by atoms with Gasteiger partial charge in [-0.25, -0.2) is 4.99 Å². The number of carbonyl (C=O) groups excluding carboxylic acids is 1. The van der Waals surface area contributed by atoms with Crippen molar-refractivity contribution in [3.8, 4) is 0 Å². The lowest BCUT2D eigenvalue weighted by atomic mass is 9.88. The Kier molecular flexibility index (Phi) is 8.95. The second-order valence-electron chi connectivity index (χ2n) is 7.65. The van der Waals surface area contributed by atoms with Gasteiger partial charge in [0.05, 0.1) is 6.54 Å². The van der Waals surface area contributed by atoms with E-state index in [2.05, 4.69) is 41.6 Å². The van der Waals surface area contributed by atoms with Gasteiger partial charge in [0.15, 0.2) is 5.96 Å². The fourth-order valence-corrected chi connectivity index (χ4v) is 3.54. The zero-order valence-corrected chi connectivity index (χ0v) is 19.5. The lowest BCUT2D eigenvalue weighted by molar-refractivity contribution is -0.120. The topological polar surface area (TPSA) is 79.5 Å². The first-order valence-electron chi connectivity index (χ1n) is 10.1. The molecule has 5 nitrogen and oxygen atoms in total. The Labute approximate surface area is 190 Å². The summed E-state index contributed by atoms with van der Waals surface area (Å²) in [5, 5.41) is 6.18. The molecule has 0 spiro atoms. The molecule has 156 valence electrons. The molecular weight excluding hydrogens is 475 g/mol. The summed E-state index contributed by atoms with van der Waals surface area (Å²) in [6.45, 7) is 4.61. The molecule has 4 N–H and O–H groups in total. The molecular formula is C23H31IN4O. The minimum Gasteiger partial charge on any atom is -0.370 e. The van der Waals surface area contributed by atoms with Gasteiger partial charge in [0, 0.05) is 17.3 Å². The van der Waals surface area contributed by atoms with Crippen molar-refractivity contribution < 1.29 is 4.79 Å². The molecule has 0 aromatic heterocycles. The fraction of sp³-hybridized carbons (Fsp3) is 0.391. The van der Waals surface area contributed by atoms with Gasteiger partial charge in [-0.15, -0.1) is 24.0 Å². The number of nitrogens with zero attached hydrogens (tertiary/aromatic N) is 1. The fourth-order valence-electron chi connectivity index (χ4n) is 3.54. The SMILES string of the molecule is Cc1ccc(NC(N)=NCc2cccc(NC(=O)C3CCCCC3)c2)cc1C.I. The maximum Gasteiger partial charge on any atom is 0.227 e. The van der Waals surface area contributed by atoms with Crippen molar-refractivity contribution in [2.45, 2.75) is 52.5 Å². The maximum absolute atomic E-state index is 12.4. The molecule has 1 amide bonds. The van der Waals surface area contributed by atoms with Crippen molar-refractivity contribution in [1.29, 1.82) is 0 Å². The first-order valence-corrected chi connectivity index (χ1v) is 10.1. The molecule has 0 radical (unpaired) electrons. The summed E-state index contributed by atoms with van der Waals surface area (Å²) in [6.07, 6.45) is 5.54. The van der Waals surface area contributed by atoms with Gasteiger partial charge in [0.1, 0.15) is 0 Å². The largest absolute Gasteiger partial charge is 0.370 e. The van der Waals surface area contributed by atoms with Crippen molar-refractivity contribution in [2.24, 2.45) is 16.6 Å². The second-order valence-corrected chi connectivity index (χ2v) is 7.65. The van der Waals surface area contributed by atoms with Crippen LogP contribution >= 0.6 is 24.0 Å². The monoisotopic (exact) mass is 506 g/mol. The molecule has 0 atom stereocenters. The minimum atomic E-state index is 0. The Morgan fingerprint density at radius 2 is 1.72 bits per heavy atom. The van der Waals surface area contributed by atoms with Crippen molar-refractivity contribution in [1.82, 2.24) is 0 Å². The summed E-state index contributed by atoms with van der Waals surface area (Å²) in [7, 11) is 0. The number of anilines is 2. The van der Waals surface area contributed by atoms with Crippen LogP contribution in [0.4, 0.5) is 11.4 Å². The highest BCUT2D eigenvalue weighted by atomic mass is 127. The van der Waals surface area contributed by atoms with E-state index in [0.717, 1.165) is 42.6 Å². The van der Waals surface area contributed by atoms with E-state index in [0.29, 0.717) is 12.5 Å². The summed E-state index contributed by atoms with van der Waals surface area (Å²) >= 11 is 0. The third-order valence-corrected chi connectivity index (χ3v) is 5.38. The number of rotatable bonds is 5. The van der Waals surface area contributed by atoms with E-state index in [9.17, 15) is 4.79 Å². The quantitative estimate of drug-likeness (QED) is 0.290. The Hall–Kier alpha value is -2.09. The van der Waals surface area contributed by atoms with Crippen molar-refractivity contribution in [3.05, 3.63) is 59.2 Å². The number of aryl methyl sites for hydroxylation is 2. The lowest BCUT2D eigenvalue weighted by Gasteiger charge is -2.20. The Morgan fingerprint density at radius 1 is 1.00 bits per heavy atom. The molecule has 2 aromatic rings. The van der Waals surface area contributed by atoms with E-state index in [1.807, 2.05) is 30.3 Å². The number of hydrogen-bond acceptors (Lipinski definition) is 2. The van der Waals surface area contributed by atoms with Gasteiger partial charge in [-0.1, -0.05) is 37.5 Å². The molecule has 6 heteroatoms. The third kappa shape index (κ3) is 7.03. The number of guanidine groups is 1. The Morgan fingerprint density at radius 3 is 2.45 bits per heavy atom. The van der Waals surface area contributed by atoms with E-state index in [-0.39, 0.29) is 35.8 Å². The Bertz CT molecular complexity index is 860. The molecule has 2 aromatic carbocycles. The number of nitrogens with two attached hydrogens (primary N) is 1. The molecule has 29 heavy (non-hydrogen) atoms. The van der Waals surface area contributed by atoms with Crippen molar-refractivity contribution in [2.75, 3.05) is 10.6 Å². The number of amides is 1.